The maximum atomic E-state index is 12.2. The van der Waals surface area contributed by atoms with Gasteiger partial charge in [-0.3, -0.25) is 4.72 Å². The number of hydrogen-bond acceptors (Lipinski definition) is 4. The molecule has 0 unspecified atom stereocenters. The van der Waals surface area contributed by atoms with E-state index in [1.807, 2.05) is 0 Å². The van der Waals surface area contributed by atoms with Gasteiger partial charge in [-0.2, -0.15) is 12.7 Å². The molecule has 0 aliphatic rings. The molecule has 0 spiro atoms. The van der Waals surface area contributed by atoms with Gasteiger partial charge in [0.05, 0.1) is 5.69 Å². The van der Waals surface area contributed by atoms with Crippen molar-refractivity contribution in [2.75, 3.05) is 17.8 Å². The minimum absolute atomic E-state index is 0.153. The second-order valence-electron chi connectivity index (χ2n) is 3.87. The molecular formula is C11H17ClN4O3S. The summed E-state index contributed by atoms with van der Waals surface area (Å²) in [6.07, 6.45) is 0. The third-order valence-corrected chi connectivity index (χ3v) is 4.56. The van der Waals surface area contributed by atoms with Gasteiger partial charge in [0.25, 0.3) is 0 Å². The molecule has 112 valence electrons. The minimum atomic E-state index is -3.72. The third kappa shape index (κ3) is 3.75. The van der Waals surface area contributed by atoms with Crippen molar-refractivity contribution in [3.05, 3.63) is 28.8 Å². The molecule has 0 bridgehead atoms. The number of nitrogens with one attached hydrogen (secondary N) is 1. The van der Waals surface area contributed by atoms with Crippen LogP contribution in [0, 0.1) is 0 Å². The number of nitrogens with zero attached hydrogens (tertiary/aromatic N) is 2. The van der Waals surface area contributed by atoms with Crippen LogP contribution < -0.4 is 10.5 Å². The summed E-state index contributed by atoms with van der Waals surface area (Å²) in [5.41, 5.74) is 5.91. The fraction of sp³-hybridized carbons (Fsp3) is 0.364. The molecule has 9 heteroatoms. The van der Waals surface area contributed by atoms with E-state index in [0.717, 1.165) is 0 Å². The molecule has 1 aromatic carbocycles. The van der Waals surface area contributed by atoms with Crippen LogP contribution in [-0.2, 0) is 10.2 Å². The maximum absolute atomic E-state index is 12.2. The maximum Gasteiger partial charge on any atom is 0.301 e. The van der Waals surface area contributed by atoms with Crippen LogP contribution in [-0.4, -0.2) is 36.9 Å². The first-order chi connectivity index (χ1) is 9.35. The van der Waals surface area contributed by atoms with Gasteiger partial charge in [-0.15, -0.1) is 0 Å². The van der Waals surface area contributed by atoms with E-state index in [9.17, 15) is 8.42 Å². The minimum Gasteiger partial charge on any atom is -0.409 e. The molecule has 0 saturated carbocycles. The molecule has 0 radical (unpaired) electrons. The lowest BCUT2D eigenvalue weighted by atomic mass is 10.1. The highest BCUT2D eigenvalue weighted by atomic mass is 35.5. The lowest BCUT2D eigenvalue weighted by Gasteiger charge is -2.20. The molecule has 20 heavy (non-hydrogen) atoms. The zero-order valence-corrected chi connectivity index (χ0v) is 12.7. The topological polar surface area (TPSA) is 108 Å². The zero-order valence-electron chi connectivity index (χ0n) is 11.2. The molecule has 0 saturated heterocycles. The van der Waals surface area contributed by atoms with E-state index >= 15 is 0 Å². The van der Waals surface area contributed by atoms with Crippen LogP contribution in [0.25, 0.3) is 0 Å². The van der Waals surface area contributed by atoms with Gasteiger partial charge < -0.3 is 10.9 Å². The fourth-order valence-electron chi connectivity index (χ4n) is 1.65. The van der Waals surface area contributed by atoms with Gasteiger partial charge in [0.1, 0.15) is 0 Å². The summed E-state index contributed by atoms with van der Waals surface area (Å²) in [4.78, 5) is 0. The molecule has 0 atom stereocenters. The highest BCUT2D eigenvalue weighted by molar-refractivity contribution is 7.90. The van der Waals surface area contributed by atoms with Crippen LogP contribution >= 0.6 is 11.6 Å². The van der Waals surface area contributed by atoms with E-state index < -0.39 is 10.2 Å². The van der Waals surface area contributed by atoms with Crippen molar-refractivity contribution in [2.45, 2.75) is 13.8 Å². The van der Waals surface area contributed by atoms with Crippen molar-refractivity contribution in [3.63, 3.8) is 0 Å². The first kappa shape index (κ1) is 16.5. The van der Waals surface area contributed by atoms with Gasteiger partial charge in [-0.05, 0) is 18.2 Å². The van der Waals surface area contributed by atoms with Crippen LogP contribution in [0.1, 0.15) is 19.4 Å². The Bertz CT molecular complexity index is 600. The van der Waals surface area contributed by atoms with Gasteiger partial charge in [0, 0.05) is 23.7 Å². The number of benzene rings is 1. The summed E-state index contributed by atoms with van der Waals surface area (Å²) in [6, 6.07) is 4.39. The van der Waals surface area contributed by atoms with Crippen molar-refractivity contribution in [3.8, 4) is 0 Å². The van der Waals surface area contributed by atoms with Gasteiger partial charge in [0.2, 0.25) is 0 Å². The van der Waals surface area contributed by atoms with Gasteiger partial charge >= 0.3 is 10.2 Å². The molecule has 1 rings (SSSR count). The summed E-state index contributed by atoms with van der Waals surface area (Å²) in [7, 11) is -3.72. The Morgan fingerprint density at radius 1 is 1.45 bits per heavy atom. The van der Waals surface area contributed by atoms with Crippen molar-refractivity contribution >= 4 is 33.3 Å². The first-order valence-electron chi connectivity index (χ1n) is 5.91. The molecule has 1 aromatic rings. The van der Waals surface area contributed by atoms with E-state index in [-0.39, 0.29) is 17.1 Å². The predicted molar refractivity (Wildman–Crippen MR) is 79.4 cm³/mol. The van der Waals surface area contributed by atoms with Crippen LogP contribution in [0.2, 0.25) is 5.02 Å². The van der Waals surface area contributed by atoms with Crippen LogP contribution in [0.5, 0.6) is 0 Å². The predicted octanol–water partition coefficient (Wildman–Crippen LogP) is 1.43. The van der Waals surface area contributed by atoms with Crippen molar-refractivity contribution < 1.29 is 13.6 Å². The Labute approximate surface area is 123 Å². The van der Waals surface area contributed by atoms with Crippen LogP contribution in [0.4, 0.5) is 5.69 Å². The number of anilines is 1. The summed E-state index contributed by atoms with van der Waals surface area (Å²) in [5, 5.41) is 11.9. The van der Waals surface area contributed by atoms with E-state index in [0.29, 0.717) is 18.1 Å². The standard InChI is InChI=1S/C11H17ClN4O3S/c1-3-16(4-2)20(18,19)15-10-7-8(12)5-6-9(10)11(13)14-17/h5-7,15,17H,3-4H2,1-2H3,(H2,13,14). The normalized spacial score (nSPS) is 12.7. The van der Waals surface area contributed by atoms with Crippen LogP contribution in [0.15, 0.2) is 23.4 Å². The number of oxime groups is 1. The van der Waals surface area contributed by atoms with Crippen LogP contribution in [0.3, 0.4) is 0 Å². The Morgan fingerprint density at radius 3 is 2.55 bits per heavy atom. The Hall–Kier alpha value is -1.51. The summed E-state index contributed by atoms with van der Waals surface area (Å²) < 4.78 is 28.0. The van der Waals surface area contributed by atoms with Gasteiger partial charge in [-0.1, -0.05) is 30.6 Å². The largest absolute Gasteiger partial charge is 0.409 e. The lowest BCUT2D eigenvalue weighted by Crippen LogP contribution is -2.36. The quantitative estimate of drug-likeness (QED) is 0.319. The summed E-state index contributed by atoms with van der Waals surface area (Å²) >= 11 is 5.85. The van der Waals surface area contributed by atoms with E-state index in [1.54, 1.807) is 13.8 Å². The van der Waals surface area contributed by atoms with Crippen molar-refractivity contribution in [1.29, 1.82) is 0 Å². The summed E-state index contributed by atoms with van der Waals surface area (Å²) in [5.74, 6) is -0.209. The van der Waals surface area contributed by atoms with Crippen molar-refractivity contribution in [2.24, 2.45) is 10.9 Å². The Balaban J connectivity index is 3.24. The number of hydrogen-bond donors (Lipinski definition) is 3. The average molecular weight is 321 g/mol. The molecule has 0 fully saturated rings. The fourth-order valence-corrected chi connectivity index (χ4v) is 3.07. The number of nitrogens with two attached hydrogens (primary N) is 1. The molecule has 7 nitrogen and oxygen atoms in total. The van der Waals surface area contributed by atoms with Crippen molar-refractivity contribution in [1.82, 2.24) is 4.31 Å². The smallest absolute Gasteiger partial charge is 0.301 e. The summed E-state index contributed by atoms with van der Waals surface area (Å²) in [6.45, 7) is 4.10. The molecule has 0 aliphatic heterocycles. The molecule has 0 aromatic heterocycles. The SMILES string of the molecule is CCN(CC)S(=O)(=O)Nc1cc(Cl)ccc1C(N)=NO. The molecule has 0 heterocycles. The van der Waals surface area contributed by atoms with E-state index in [1.165, 1.54) is 22.5 Å². The monoisotopic (exact) mass is 320 g/mol. The van der Waals surface area contributed by atoms with E-state index in [4.69, 9.17) is 22.5 Å². The molecular weight excluding hydrogens is 304 g/mol. The molecule has 0 aliphatic carbocycles. The Kier molecular flexibility index (Phi) is 5.61. The first-order valence-corrected chi connectivity index (χ1v) is 7.72. The zero-order chi connectivity index (χ0) is 15.3. The average Bonchev–Trinajstić information content (AvgIpc) is 2.38. The lowest BCUT2D eigenvalue weighted by molar-refractivity contribution is 0.318. The second-order valence-corrected chi connectivity index (χ2v) is 5.97. The highest BCUT2D eigenvalue weighted by Gasteiger charge is 2.20. The second kappa shape index (κ2) is 6.78. The van der Waals surface area contributed by atoms with E-state index in [2.05, 4.69) is 9.88 Å². The number of halogens is 1. The Morgan fingerprint density at radius 2 is 2.05 bits per heavy atom. The molecule has 4 N–H and O–H groups in total. The number of rotatable bonds is 6. The third-order valence-electron chi connectivity index (χ3n) is 2.65. The van der Waals surface area contributed by atoms with Gasteiger partial charge in [0.15, 0.2) is 5.84 Å². The number of amidine groups is 1. The van der Waals surface area contributed by atoms with Gasteiger partial charge in [-0.25, -0.2) is 0 Å². The molecule has 0 amide bonds. The highest BCUT2D eigenvalue weighted by Crippen LogP contribution is 2.22.